The van der Waals surface area contributed by atoms with Crippen LogP contribution in [-0.4, -0.2) is 17.6 Å². The number of hydrogen-bond donors (Lipinski definition) is 2. The predicted octanol–water partition coefficient (Wildman–Crippen LogP) is 2.91. The number of nitrogens with one attached hydrogen (secondary N) is 1. The summed E-state index contributed by atoms with van der Waals surface area (Å²) in [6.07, 6.45) is 2.67. The first kappa shape index (κ1) is 13.3. The fraction of sp³-hybridized carbons (Fsp3) is 0.583. The number of aromatic nitrogens is 1. The maximum atomic E-state index is 6.02. The highest BCUT2D eigenvalue weighted by molar-refractivity contribution is 6.32. The smallest absolute Gasteiger partial charge is 0.144 e. The Bertz CT molecular complexity index is 333. The minimum absolute atomic E-state index is 0.109. The maximum Gasteiger partial charge on any atom is 0.144 e. The van der Waals surface area contributed by atoms with E-state index in [-0.39, 0.29) is 11.5 Å². The molecule has 0 bridgehead atoms. The molecular formula is C12H20ClN3. The molecule has 90 valence electrons. The van der Waals surface area contributed by atoms with Crippen LogP contribution in [0.25, 0.3) is 0 Å². The van der Waals surface area contributed by atoms with Crippen LogP contribution in [0.5, 0.6) is 0 Å². The van der Waals surface area contributed by atoms with Crippen molar-refractivity contribution in [3.8, 4) is 0 Å². The van der Waals surface area contributed by atoms with Crippen LogP contribution in [-0.2, 0) is 0 Å². The van der Waals surface area contributed by atoms with Gasteiger partial charge >= 0.3 is 0 Å². The lowest BCUT2D eigenvalue weighted by molar-refractivity contribution is 0.344. The summed E-state index contributed by atoms with van der Waals surface area (Å²) in [7, 11) is 0. The Hall–Kier alpha value is -0.800. The van der Waals surface area contributed by atoms with Gasteiger partial charge in [0.25, 0.3) is 0 Å². The van der Waals surface area contributed by atoms with Gasteiger partial charge in [0, 0.05) is 18.8 Å². The average Bonchev–Trinajstić information content (AvgIpc) is 2.14. The van der Waals surface area contributed by atoms with Crippen molar-refractivity contribution in [2.45, 2.75) is 33.2 Å². The summed E-state index contributed by atoms with van der Waals surface area (Å²) in [6, 6.07) is 3.73. The lowest BCUT2D eigenvalue weighted by Crippen LogP contribution is -2.33. The molecule has 0 aromatic carbocycles. The van der Waals surface area contributed by atoms with E-state index in [1.54, 1.807) is 6.20 Å². The molecule has 0 aliphatic rings. The van der Waals surface area contributed by atoms with Crippen LogP contribution < -0.4 is 11.1 Å². The molecule has 1 aromatic rings. The van der Waals surface area contributed by atoms with Gasteiger partial charge in [-0.15, -0.1) is 0 Å². The molecule has 1 rings (SSSR count). The molecule has 1 unspecified atom stereocenters. The van der Waals surface area contributed by atoms with E-state index >= 15 is 0 Å². The summed E-state index contributed by atoms with van der Waals surface area (Å²) in [5.41, 5.74) is 6.27. The third-order valence-corrected chi connectivity index (χ3v) is 2.47. The third-order valence-electron chi connectivity index (χ3n) is 2.16. The number of nitrogens with two attached hydrogens (primary N) is 1. The second-order valence-electron chi connectivity index (χ2n) is 5.24. The molecule has 1 heterocycles. The Morgan fingerprint density at radius 2 is 2.19 bits per heavy atom. The van der Waals surface area contributed by atoms with Crippen molar-refractivity contribution < 1.29 is 0 Å². The summed E-state index contributed by atoms with van der Waals surface area (Å²) in [6.45, 7) is 7.23. The molecule has 4 heteroatoms. The Morgan fingerprint density at radius 3 is 2.75 bits per heavy atom. The van der Waals surface area contributed by atoms with Crippen LogP contribution in [0.3, 0.4) is 0 Å². The van der Waals surface area contributed by atoms with Gasteiger partial charge < -0.3 is 11.1 Å². The zero-order valence-corrected chi connectivity index (χ0v) is 10.9. The average molecular weight is 242 g/mol. The van der Waals surface area contributed by atoms with Crippen molar-refractivity contribution in [1.29, 1.82) is 0 Å². The molecule has 16 heavy (non-hydrogen) atoms. The van der Waals surface area contributed by atoms with Gasteiger partial charge in [0.1, 0.15) is 5.82 Å². The fourth-order valence-electron chi connectivity index (χ4n) is 1.60. The van der Waals surface area contributed by atoms with Crippen LogP contribution >= 0.6 is 11.6 Å². The topological polar surface area (TPSA) is 50.9 Å². The third kappa shape index (κ3) is 4.81. The number of hydrogen-bond acceptors (Lipinski definition) is 3. The summed E-state index contributed by atoms with van der Waals surface area (Å²) in [5.74, 6) is 0.702. The highest BCUT2D eigenvalue weighted by Gasteiger charge is 2.15. The molecule has 1 atom stereocenters. The van der Waals surface area contributed by atoms with Crippen molar-refractivity contribution in [2.75, 3.05) is 11.9 Å². The molecule has 0 spiro atoms. The van der Waals surface area contributed by atoms with E-state index in [1.165, 1.54) is 0 Å². The molecule has 3 nitrogen and oxygen atoms in total. The van der Waals surface area contributed by atoms with Crippen molar-refractivity contribution in [3.05, 3.63) is 23.4 Å². The minimum Gasteiger partial charge on any atom is -0.367 e. The summed E-state index contributed by atoms with van der Waals surface area (Å²) in [5, 5.41) is 3.80. The molecule has 0 aliphatic heterocycles. The first-order valence-corrected chi connectivity index (χ1v) is 5.86. The Kier molecular flexibility index (Phi) is 4.56. The minimum atomic E-state index is 0.109. The van der Waals surface area contributed by atoms with Gasteiger partial charge in [-0.25, -0.2) is 4.98 Å². The molecule has 0 radical (unpaired) electrons. The lowest BCUT2D eigenvalue weighted by Gasteiger charge is -2.23. The first-order chi connectivity index (χ1) is 7.38. The molecule has 0 saturated heterocycles. The van der Waals surface area contributed by atoms with E-state index < -0.39 is 0 Å². The van der Waals surface area contributed by atoms with Crippen LogP contribution in [0.4, 0.5) is 5.82 Å². The Balaban J connectivity index is 2.43. The largest absolute Gasteiger partial charge is 0.367 e. The van der Waals surface area contributed by atoms with Crippen LogP contribution in [0.15, 0.2) is 18.3 Å². The summed E-state index contributed by atoms with van der Waals surface area (Å²) >= 11 is 5.97. The summed E-state index contributed by atoms with van der Waals surface area (Å²) in [4.78, 5) is 4.15. The molecule has 1 aromatic heterocycles. The molecular weight excluding hydrogens is 222 g/mol. The predicted molar refractivity (Wildman–Crippen MR) is 69.8 cm³/mol. The zero-order valence-electron chi connectivity index (χ0n) is 10.1. The van der Waals surface area contributed by atoms with E-state index in [1.807, 2.05) is 12.1 Å². The van der Waals surface area contributed by atoms with Crippen molar-refractivity contribution in [2.24, 2.45) is 11.1 Å². The zero-order chi connectivity index (χ0) is 12.2. The van der Waals surface area contributed by atoms with Crippen molar-refractivity contribution in [1.82, 2.24) is 4.98 Å². The number of halogens is 1. The first-order valence-electron chi connectivity index (χ1n) is 5.48. The van der Waals surface area contributed by atoms with E-state index in [2.05, 4.69) is 31.1 Å². The van der Waals surface area contributed by atoms with Gasteiger partial charge in [0.2, 0.25) is 0 Å². The van der Waals surface area contributed by atoms with Gasteiger partial charge in [-0.1, -0.05) is 32.4 Å². The molecule has 0 aliphatic carbocycles. The molecule has 3 N–H and O–H groups in total. The van der Waals surface area contributed by atoms with Crippen molar-refractivity contribution in [3.63, 3.8) is 0 Å². The van der Waals surface area contributed by atoms with Gasteiger partial charge in [-0.2, -0.15) is 0 Å². The monoisotopic (exact) mass is 241 g/mol. The fourth-order valence-corrected chi connectivity index (χ4v) is 1.79. The van der Waals surface area contributed by atoms with Crippen molar-refractivity contribution >= 4 is 17.4 Å². The van der Waals surface area contributed by atoms with Crippen LogP contribution in [0, 0.1) is 5.41 Å². The second kappa shape index (κ2) is 5.51. The molecule has 0 saturated carbocycles. The van der Waals surface area contributed by atoms with E-state index in [4.69, 9.17) is 17.3 Å². The van der Waals surface area contributed by atoms with E-state index in [9.17, 15) is 0 Å². The lowest BCUT2D eigenvalue weighted by atomic mass is 9.88. The SMILES string of the molecule is CC(C)(C)CC(N)CNc1ncccc1Cl. The Morgan fingerprint density at radius 1 is 1.50 bits per heavy atom. The second-order valence-corrected chi connectivity index (χ2v) is 5.65. The molecule has 0 amide bonds. The van der Waals surface area contributed by atoms with Gasteiger partial charge in [-0.05, 0) is 24.0 Å². The standard InChI is InChI=1S/C12H20ClN3/c1-12(2,3)7-9(14)8-16-11-10(13)5-4-6-15-11/h4-6,9H,7-8,14H2,1-3H3,(H,15,16). The van der Waals surface area contributed by atoms with Gasteiger partial charge in [-0.3, -0.25) is 0 Å². The highest BCUT2D eigenvalue weighted by atomic mass is 35.5. The number of anilines is 1. The number of nitrogens with zero attached hydrogens (tertiary/aromatic N) is 1. The van der Waals surface area contributed by atoms with Gasteiger partial charge in [0.15, 0.2) is 0 Å². The number of rotatable bonds is 4. The normalized spacial score (nSPS) is 13.6. The summed E-state index contributed by atoms with van der Waals surface area (Å²) < 4.78 is 0. The Labute approximate surface area is 102 Å². The highest BCUT2D eigenvalue weighted by Crippen LogP contribution is 2.21. The van der Waals surface area contributed by atoms with E-state index in [0.29, 0.717) is 17.4 Å². The van der Waals surface area contributed by atoms with Gasteiger partial charge in [0.05, 0.1) is 5.02 Å². The molecule has 0 fully saturated rings. The van der Waals surface area contributed by atoms with Crippen LogP contribution in [0.2, 0.25) is 5.02 Å². The van der Waals surface area contributed by atoms with E-state index in [0.717, 1.165) is 6.42 Å². The quantitative estimate of drug-likeness (QED) is 0.852. The van der Waals surface area contributed by atoms with Crippen LogP contribution in [0.1, 0.15) is 27.2 Å². The maximum absolute atomic E-state index is 6.02. The number of pyridine rings is 1.